The number of carbonyl (C=O) groups excluding carboxylic acids is 1. The molecular formula is C15H16O2. The van der Waals surface area contributed by atoms with E-state index in [0.717, 1.165) is 23.0 Å². The first-order valence-electron chi connectivity index (χ1n) is 5.85. The van der Waals surface area contributed by atoms with Gasteiger partial charge in [0.05, 0.1) is 6.61 Å². The van der Waals surface area contributed by atoms with Crippen molar-refractivity contribution in [1.29, 1.82) is 0 Å². The van der Waals surface area contributed by atoms with Crippen LogP contribution in [0.4, 0.5) is 0 Å². The standard InChI is InChI=1S/C15H16O2/c1-3-17-14-6-7-15-11(2)12(8-9-16)4-5-13(15)10-14/h4-7,9-10H,3,8H2,1-2H3. The molecule has 0 radical (unpaired) electrons. The highest BCUT2D eigenvalue weighted by molar-refractivity contribution is 5.88. The number of hydrogen-bond donors (Lipinski definition) is 0. The average Bonchev–Trinajstić information content (AvgIpc) is 2.33. The molecule has 2 rings (SSSR count). The molecule has 0 aliphatic heterocycles. The Morgan fingerprint density at radius 2 is 2.06 bits per heavy atom. The number of aryl methyl sites for hydroxylation is 1. The third-order valence-corrected chi connectivity index (χ3v) is 2.99. The molecule has 0 fully saturated rings. The molecule has 2 heteroatoms. The van der Waals surface area contributed by atoms with Crippen LogP contribution >= 0.6 is 0 Å². The first kappa shape index (κ1) is 11.6. The zero-order valence-corrected chi connectivity index (χ0v) is 10.2. The third-order valence-electron chi connectivity index (χ3n) is 2.99. The molecule has 2 nitrogen and oxygen atoms in total. The van der Waals surface area contributed by atoms with Crippen molar-refractivity contribution in [3.8, 4) is 5.75 Å². The second-order valence-electron chi connectivity index (χ2n) is 4.04. The van der Waals surface area contributed by atoms with E-state index in [1.165, 1.54) is 10.9 Å². The van der Waals surface area contributed by atoms with Crippen molar-refractivity contribution in [3.05, 3.63) is 41.5 Å². The molecule has 0 aliphatic carbocycles. The molecule has 0 heterocycles. The van der Waals surface area contributed by atoms with Gasteiger partial charge in [0.15, 0.2) is 0 Å². The van der Waals surface area contributed by atoms with E-state index in [4.69, 9.17) is 4.74 Å². The van der Waals surface area contributed by atoms with Crippen LogP contribution < -0.4 is 4.74 Å². The quantitative estimate of drug-likeness (QED) is 0.750. The number of carbonyl (C=O) groups is 1. The number of benzene rings is 2. The molecule has 2 aromatic carbocycles. The second kappa shape index (κ2) is 5.00. The van der Waals surface area contributed by atoms with E-state index in [-0.39, 0.29) is 0 Å². The molecule has 0 spiro atoms. The van der Waals surface area contributed by atoms with Crippen molar-refractivity contribution in [2.45, 2.75) is 20.3 Å². The van der Waals surface area contributed by atoms with Crippen LogP contribution in [-0.4, -0.2) is 12.9 Å². The van der Waals surface area contributed by atoms with Gasteiger partial charge in [-0.15, -0.1) is 0 Å². The maximum atomic E-state index is 10.6. The van der Waals surface area contributed by atoms with Crippen LogP contribution in [0.3, 0.4) is 0 Å². The van der Waals surface area contributed by atoms with Crippen LogP contribution in [0.5, 0.6) is 5.75 Å². The normalized spacial score (nSPS) is 10.5. The van der Waals surface area contributed by atoms with Gasteiger partial charge in [-0.25, -0.2) is 0 Å². The molecule has 0 aromatic heterocycles. The zero-order valence-electron chi connectivity index (χ0n) is 10.2. The monoisotopic (exact) mass is 228 g/mol. The minimum atomic E-state index is 0.481. The van der Waals surface area contributed by atoms with E-state index in [1.807, 2.05) is 31.2 Å². The molecule has 0 amide bonds. The summed E-state index contributed by atoms with van der Waals surface area (Å²) >= 11 is 0. The molecule has 0 unspecified atom stereocenters. The van der Waals surface area contributed by atoms with Gasteiger partial charge in [0.2, 0.25) is 0 Å². The number of fused-ring (bicyclic) bond motifs is 1. The van der Waals surface area contributed by atoms with Gasteiger partial charge < -0.3 is 9.53 Å². The van der Waals surface area contributed by atoms with Gasteiger partial charge in [0.25, 0.3) is 0 Å². The van der Waals surface area contributed by atoms with E-state index in [2.05, 4.69) is 13.0 Å². The number of ether oxygens (including phenoxy) is 1. The van der Waals surface area contributed by atoms with Crippen LogP contribution in [-0.2, 0) is 11.2 Å². The first-order chi connectivity index (χ1) is 8.26. The minimum Gasteiger partial charge on any atom is -0.494 e. The summed E-state index contributed by atoms with van der Waals surface area (Å²) in [6.07, 6.45) is 1.43. The first-order valence-corrected chi connectivity index (χ1v) is 5.85. The Labute approximate surface area is 101 Å². The molecular weight excluding hydrogens is 212 g/mol. The maximum absolute atomic E-state index is 10.6. The molecule has 88 valence electrons. The molecule has 0 saturated heterocycles. The zero-order chi connectivity index (χ0) is 12.3. The van der Waals surface area contributed by atoms with Crippen LogP contribution in [0, 0.1) is 6.92 Å². The lowest BCUT2D eigenvalue weighted by atomic mass is 9.98. The Morgan fingerprint density at radius 3 is 2.76 bits per heavy atom. The number of aldehydes is 1. The van der Waals surface area contributed by atoms with Crippen LogP contribution in [0.15, 0.2) is 30.3 Å². The Bertz CT molecular complexity index is 544. The summed E-state index contributed by atoms with van der Waals surface area (Å²) in [6.45, 7) is 4.71. The fourth-order valence-corrected chi connectivity index (χ4v) is 2.08. The van der Waals surface area contributed by atoms with Gasteiger partial charge in [-0.1, -0.05) is 18.2 Å². The SMILES string of the molecule is CCOc1ccc2c(C)c(CC=O)ccc2c1. The Kier molecular flexibility index (Phi) is 3.43. The Hall–Kier alpha value is -1.83. The lowest BCUT2D eigenvalue weighted by Crippen LogP contribution is -1.94. The molecule has 2 aromatic rings. The average molecular weight is 228 g/mol. The topological polar surface area (TPSA) is 26.3 Å². The second-order valence-corrected chi connectivity index (χ2v) is 4.04. The van der Waals surface area contributed by atoms with Gasteiger partial charge in [-0.2, -0.15) is 0 Å². The van der Waals surface area contributed by atoms with E-state index >= 15 is 0 Å². The summed E-state index contributed by atoms with van der Waals surface area (Å²) in [7, 11) is 0. The number of rotatable bonds is 4. The fraction of sp³-hybridized carbons (Fsp3) is 0.267. The molecule has 0 bridgehead atoms. The van der Waals surface area contributed by atoms with Crippen molar-refractivity contribution in [1.82, 2.24) is 0 Å². The highest BCUT2D eigenvalue weighted by Crippen LogP contribution is 2.26. The van der Waals surface area contributed by atoms with Crippen LogP contribution in [0.2, 0.25) is 0 Å². The smallest absolute Gasteiger partial charge is 0.124 e. The van der Waals surface area contributed by atoms with Crippen molar-refractivity contribution < 1.29 is 9.53 Å². The van der Waals surface area contributed by atoms with Crippen molar-refractivity contribution in [3.63, 3.8) is 0 Å². The summed E-state index contributed by atoms with van der Waals surface area (Å²) < 4.78 is 5.48. The molecule has 0 atom stereocenters. The Balaban J connectivity index is 2.52. The lowest BCUT2D eigenvalue weighted by molar-refractivity contribution is -0.107. The molecule has 0 saturated carbocycles. The van der Waals surface area contributed by atoms with Gasteiger partial charge in [0.1, 0.15) is 12.0 Å². The maximum Gasteiger partial charge on any atom is 0.124 e. The van der Waals surface area contributed by atoms with Crippen molar-refractivity contribution >= 4 is 17.1 Å². The van der Waals surface area contributed by atoms with Gasteiger partial charge in [0, 0.05) is 6.42 Å². The molecule has 0 aliphatic rings. The fourth-order valence-electron chi connectivity index (χ4n) is 2.08. The molecule has 0 N–H and O–H groups in total. The van der Waals surface area contributed by atoms with E-state index < -0.39 is 0 Å². The van der Waals surface area contributed by atoms with Gasteiger partial charge >= 0.3 is 0 Å². The highest BCUT2D eigenvalue weighted by Gasteiger charge is 2.04. The van der Waals surface area contributed by atoms with Crippen molar-refractivity contribution in [2.75, 3.05) is 6.61 Å². The Morgan fingerprint density at radius 1 is 1.24 bits per heavy atom. The number of hydrogen-bond acceptors (Lipinski definition) is 2. The van der Waals surface area contributed by atoms with Gasteiger partial charge in [-0.05, 0) is 47.9 Å². The van der Waals surface area contributed by atoms with Gasteiger partial charge in [-0.3, -0.25) is 0 Å². The summed E-state index contributed by atoms with van der Waals surface area (Å²) in [5, 5.41) is 2.34. The predicted molar refractivity (Wildman–Crippen MR) is 69.6 cm³/mol. The third kappa shape index (κ3) is 2.31. The summed E-state index contributed by atoms with van der Waals surface area (Å²) in [4.78, 5) is 10.6. The minimum absolute atomic E-state index is 0.481. The summed E-state index contributed by atoms with van der Waals surface area (Å²) in [5.41, 5.74) is 2.27. The highest BCUT2D eigenvalue weighted by atomic mass is 16.5. The lowest BCUT2D eigenvalue weighted by Gasteiger charge is -2.09. The van der Waals surface area contributed by atoms with E-state index in [9.17, 15) is 4.79 Å². The summed E-state index contributed by atoms with van der Waals surface area (Å²) in [5.74, 6) is 0.891. The largest absolute Gasteiger partial charge is 0.494 e. The predicted octanol–water partition coefficient (Wildman–Crippen LogP) is 3.29. The van der Waals surface area contributed by atoms with Crippen molar-refractivity contribution in [2.24, 2.45) is 0 Å². The van der Waals surface area contributed by atoms with E-state index in [0.29, 0.717) is 13.0 Å². The van der Waals surface area contributed by atoms with E-state index in [1.54, 1.807) is 0 Å². The summed E-state index contributed by atoms with van der Waals surface area (Å²) in [6, 6.07) is 10.1. The van der Waals surface area contributed by atoms with Crippen LogP contribution in [0.1, 0.15) is 18.1 Å². The van der Waals surface area contributed by atoms with Crippen LogP contribution in [0.25, 0.3) is 10.8 Å². The molecule has 17 heavy (non-hydrogen) atoms.